The van der Waals surface area contributed by atoms with E-state index in [2.05, 4.69) is 32.6 Å². The Kier molecular flexibility index (Phi) is 5.88. The van der Waals surface area contributed by atoms with Crippen molar-refractivity contribution >= 4 is 0 Å². The predicted molar refractivity (Wildman–Crippen MR) is 82.8 cm³/mol. The first-order chi connectivity index (χ1) is 9.58. The van der Waals surface area contributed by atoms with E-state index >= 15 is 0 Å². The molecule has 1 aliphatic carbocycles. The van der Waals surface area contributed by atoms with E-state index in [-0.39, 0.29) is 11.9 Å². The summed E-state index contributed by atoms with van der Waals surface area (Å²) >= 11 is 0. The van der Waals surface area contributed by atoms with Crippen LogP contribution in [0.5, 0.6) is 0 Å². The van der Waals surface area contributed by atoms with Crippen molar-refractivity contribution in [1.82, 2.24) is 4.90 Å². The van der Waals surface area contributed by atoms with E-state index in [9.17, 15) is 0 Å². The Bertz CT molecular complexity index is 285. The van der Waals surface area contributed by atoms with Crippen LogP contribution in [0.4, 0.5) is 0 Å². The molecular formula is C17H33NO2. The summed E-state index contributed by atoms with van der Waals surface area (Å²) in [7, 11) is 0. The second-order valence-corrected chi connectivity index (χ2v) is 6.94. The van der Waals surface area contributed by atoms with Gasteiger partial charge in [-0.3, -0.25) is 0 Å². The summed E-state index contributed by atoms with van der Waals surface area (Å²) in [5, 5.41) is 0. The molecule has 3 nitrogen and oxygen atoms in total. The molecule has 2 rings (SSSR count). The van der Waals surface area contributed by atoms with Crippen LogP contribution < -0.4 is 0 Å². The van der Waals surface area contributed by atoms with E-state index in [1.165, 1.54) is 25.8 Å². The quantitative estimate of drug-likeness (QED) is 0.742. The molecule has 1 saturated heterocycles. The molecule has 1 atom stereocenters. The lowest BCUT2D eigenvalue weighted by molar-refractivity contribution is -0.195. The van der Waals surface area contributed by atoms with Gasteiger partial charge in [-0.25, -0.2) is 0 Å². The first-order valence-corrected chi connectivity index (χ1v) is 8.62. The smallest absolute Gasteiger partial charge is 0.168 e. The lowest BCUT2D eigenvalue weighted by atomic mass is 9.79. The van der Waals surface area contributed by atoms with Crippen LogP contribution in [0.25, 0.3) is 0 Å². The van der Waals surface area contributed by atoms with E-state index < -0.39 is 0 Å². The molecule has 2 aliphatic rings. The fourth-order valence-corrected chi connectivity index (χ4v) is 3.70. The van der Waals surface area contributed by atoms with Gasteiger partial charge < -0.3 is 14.4 Å². The minimum absolute atomic E-state index is 0.234. The Morgan fingerprint density at radius 1 is 1.20 bits per heavy atom. The van der Waals surface area contributed by atoms with Gasteiger partial charge >= 0.3 is 0 Å². The molecule has 1 saturated carbocycles. The molecule has 1 aliphatic heterocycles. The molecule has 118 valence electrons. The van der Waals surface area contributed by atoms with Gasteiger partial charge in [-0.15, -0.1) is 0 Å². The number of hydrogen-bond donors (Lipinski definition) is 0. The maximum Gasteiger partial charge on any atom is 0.168 e. The van der Waals surface area contributed by atoms with Crippen LogP contribution in [0.15, 0.2) is 0 Å². The van der Waals surface area contributed by atoms with Gasteiger partial charge in [0.2, 0.25) is 0 Å². The van der Waals surface area contributed by atoms with Crippen molar-refractivity contribution in [3.63, 3.8) is 0 Å². The van der Waals surface area contributed by atoms with E-state index in [4.69, 9.17) is 9.47 Å². The molecular weight excluding hydrogens is 250 g/mol. The summed E-state index contributed by atoms with van der Waals surface area (Å²) in [6.45, 7) is 13.2. The van der Waals surface area contributed by atoms with Gasteiger partial charge in [0.05, 0.1) is 12.7 Å². The first-order valence-electron chi connectivity index (χ1n) is 8.62. The van der Waals surface area contributed by atoms with Crippen molar-refractivity contribution in [1.29, 1.82) is 0 Å². The van der Waals surface area contributed by atoms with Crippen molar-refractivity contribution in [3.8, 4) is 0 Å². The highest BCUT2D eigenvalue weighted by Crippen LogP contribution is 2.42. The second kappa shape index (κ2) is 7.24. The van der Waals surface area contributed by atoms with Crippen LogP contribution in [0, 0.1) is 11.8 Å². The standard InChI is InChI=1S/C17H33NO2/c1-5-11-18(6-2)12-16-13-19-17(20-16)9-7-15(8-10-17)14(3)4/h14-16H,5-13H2,1-4H3. The number of hydrogen-bond acceptors (Lipinski definition) is 3. The topological polar surface area (TPSA) is 21.7 Å². The first kappa shape index (κ1) is 16.3. The van der Waals surface area contributed by atoms with Gasteiger partial charge in [0.1, 0.15) is 0 Å². The highest BCUT2D eigenvalue weighted by atomic mass is 16.7. The average Bonchev–Trinajstić information content (AvgIpc) is 2.81. The van der Waals surface area contributed by atoms with Crippen molar-refractivity contribution in [2.75, 3.05) is 26.2 Å². The van der Waals surface area contributed by atoms with Crippen LogP contribution in [0.3, 0.4) is 0 Å². The van der Waals surface area contributed by atoms with Gasteiger partial charge in [0.15, 0.2) is 5.79 Å². The monoisotopic (exact) mass is 283 g/mol. The molecule has 0 bridgehead atoms. The third-order valence-electron chi connectivity index (χ3n) is 5.10. The van der Waals surface area contributed by atoms with Crippen LogP contribution in [-0.2, 0) is 9.47 Å². The van der Waals surface area contributed by atoms with Crippen molar-refractivity contribution < 1.29 is 9.47 Å². The number of likely N-dealkylation sites (N-methyl/N-ethyl adjacent to an activating group) is 1. The fraction of sp³-hybridized carbons (Fsp3) is 1.00. The summed E-state index contributed by atoms with van der Waals surface area (Å²) < 4.78 is 12.4. The van der Waals surface area contributed by atoms with Gasteiger partial charge in [0, 0.05) is 19.4 Å². The summed E-state index contributed by atoms with van der Waals surface area (Å²) in [5.41, 5.74) is 0. The zero-order valence-electron chi connectivity index (χ0n) is 13.9. The molecule has 0 aromatic carbocycles. The van der Waals surface area contributed by atoms with Gasteiger partial charge in [-0.2, -0.15) is 0 Å². The average molecular weight is 283 g/mol. The van der Waals surface area contributed by atoms with E-state index in [1.54, 1.807) is 0 Å². The maximum absolute atomic E-state index is 6.33. The molecule has 1 unspecified atom stereocenters. The number of ether oxygens (including phenoxy) is 2. The summed E-state index contributed by atoms with van der Waals surface area (Å²) in [5.74, 6) is 1.42. The molecule has 3 heteroatoms. The zero-order valence-corrected chi connectivity index (χ0v) is 13.9. The number of nitrogens with zero attached hydrogens (tertiary/aromatic N) is 1. The van der Waals surface area contributed by atoms with Crippen LogP contribution in [-0.4, -0.2) is 43.0 Å². The summed E-state index contributed by atoms with van der Waals surface area (Å²) in [6.07, 6.45) is 6.19. The van der Waals surface area contributed by atoms with E-state index in [0.717, 1.165) is 44.4 Å². The minimum atomic E-state index is -0.234. The zero-order chi connectivity index (χ0) is 14.6. The second-order valence-electron chi connectivity index (χ2n) is 6.94. The Hall–Kier alpha value is -0.120. The van der Waals surface area contributed by atoms with Crippen LogP contribution in [0.1, 0.15) is 59.8 Å². The maximum atomic E-state index is 6.33. The molecule has 0 amide bonds. The van der Waals surface area contributed by atoms with E-state index in [0.29, 0.717) is 0 Å². The van der Waals surface area contributed by atoms with Crippen molar-refractivity contribution in [2.24, 2.45) is 11.8 Å². The molecule has 0 aromatic rings. The van der Waals surface area contributed by atoms with Gasteiger partial charge in [-0.05, 0) is 44.2 Å². The predicted octanol–water partition coefficient (Wildman–Crippen LogP) is 3.68. The Morgan fingerprint density at radius 2 is 1.90 bits per heavy atom. The largest absolute Gasteiger partial charge is 0.347 e. The minimum Gasteiger partial charge on any atom is -0.347 e. The highest BCUT2D eigenvalue weighted by Gasteiger charge is 2.44. The van der Waals surface area contributed by atoms with Crippen LogP contribution >= 0.6 is 0 Å². The highest BCUT2D eigenvalue weighted by molar-refractivity contribution is 4.86. The summed E-state index contributed by atoms with van der Waals surface area (Å²) in [4.78, 5) is 2.48. The van der Waals surface area contributed by atoms with Crippen LogP contribution in [0.2, 0.25) is 0 Å². The van der Waals surface area contributed by atoms with Crippen molar-refractivity contribution in [2.45, 2.75) is 71.7 Å². The van der Waals surface area contributed by atoms with Gasteiger partial charge in [0.25, 0.3) is 0 Å². The third kappa shape index (κ3) is 3.96. The normalized spacial score (nSPS) is 34.5. The Morgan fingerprint density at radius 3 is 2.45 bits per heavy atom. The molecule has 1 heterocycles. The van der Waals surface area contributed by atoms with Crippen molar-refractivity contribution in [3.05, 3.63) is 0 Å². The molecule has 0 aromatic heterocycles. The van der Waals surface area contributed by atoms with Gasteiger partial charge in [-0.1, -0.05) is 27.7 Å². The lowest BCUT2D eigenvalue weighted by Crippen LogP contribution is -2.39. The fourth-order valence-electron chi connectivity index (χ4n) is 3.70. The van der Waals surface area contributed by atoms with E-state index in [1.807, 2.05) is 0 Å². The third-order valence-corrected chi connectivity index (χ3v) is 5.10. The Balaban J connectivity index is 1.80. The molecule has 1 spiro atoms. The molecule has 2 fully saturated rings. The SMILES string of the molecule is CCCN(CC)CC1COC2(CCC(C(C)C)CC2)O1. The Labute approximate surface area is 125 Å². The molecule has 0 radical (unpaired) electrons. The molecule has 20 heavy (non-hydrogen) atoms. The molecule has 0 N–H and O–H groups in total. The lowest BCUT2D eigenvalue weighted by Gasteiger charge is -2.37. The number of rotatable bonds is 6. The summed E-state index contributed by atoms with van der Waals surface area (Å²) in [6, 6.07) is 0.